The molecule has 0 bridgehead atoms. The SMILES string of the molecule is CN1CCN(CCCOc2cc(OC3CCOCC3)c3c(Nc4c(Cl)ccc5occc45)c(C#N)cnc3c2)CC1. The third kappa shape index (κ3) is 6.21. The van der Waals surface area contributed by atoms with Gasteiger partial charge in [0.25, 0.3) is 0 Å². The second-order valence-electron chi connectivity index (χ2n) is 10.6. The lowest BCUT2D eigenvalue weighted by Gasteiger charge is -2.32. The van der Waals surface area contributed by atoms with Crippen LogP contribution in [0.4, 0.5) is 11.4 Å². The zero-order valence-electron chi connectivity index (χ0n) is 23.2. The highest BCUT2D eigenvalue weighted by atomic mass is 35.5. The van der Waals surface area contributed by atoms with Crippen molar-refractivity contribution >= 4 is 44.8 Å². The zero-order valence-corrected chi connectivity index (χ0v) is 24.0. The summed E-state index contributed by atoms with van der Waals surface area (Å²) in [4.78, 5) is 9.49. The van der Waals surface area contributed by atoms with Crippen LogP contribution in [0.25, 0.3) is 21.9 Å². The maximum Gasteiger partial charge on any atom is 0.136 e. The zero-order chi connectivity index (χ0) is 28.2. The van der Waals surface area contributed by atoms with Gasteiger partial charge in [-0.25, -0.2) is 0 Å². The summed E-state index contributed by atoms with van der Waals surface area (Å²) in [6, 6.07) is 11.6. The number of hydrogen-bond acceptors (Lipinski definition) is 9. The lowest BCUT2D eigenvalue weighted by molar-refractivity contribution is 0.0261. The number of pyridine rings is 1. The van der Waals surface area contributed by atoms with E-state index < -0.39 is 0 Å². The van der Waals surface area contributed by atoms with Crippen LogP contribution in [-0.4, -0.2) is 80.5 Å². The van der Waals surface area contributed by atoms with Crippen LogP contribution in [0.15, 0.2) is 47.2 Å². The predicted octanol–water partition coefficient (Wildman–Crippen LogP) is 5.82. The average molecular weight is 576 g/mol. The molecule has 2 aliphatic heterocycles. The maximum absolute atomic E-state index is 10.1. The fraction of sp³-hybridized carbons (Fsp3) is 0.419. The summed E-state index contributed by atoms with van der Waals surface area (Å²) in [7, 11) is 2.17. The van der Waals surface area contributed by atoms with Crippen molar-refractivity contribution in [3.8, 4) is 17.6 Å². The molecule has 2 aliphatic rings. The van der Waals surface area contributed by atoms with Crippen LogP contribution in [0.3, 0.4) is 0 Å². The third-order valence-electron chi connectivity index (χ3n) is 7.81. The molecule has 4 aromatic rings. The van der Waals surface area contributed by atoms with Gasteiger partial charge in [-0.1, -0.05) is 11.6 Å². The maximum atomic E-state index is 10.1. The lowest BCUT2D eigenvalue weighted by atomic mass is 10.1. The number of nitrogens with one attached hydrogen (secondary N) is 1. The van der Waals surface area contributed by atoms with Crippen molar-refractivity contribution in [3.63, 3.8) is 0 Å². The molecule has 0 aliphatic carbocycles. The van der Waals surface area contributed by atoms with Gasteiger partial charge in [0.15, 0.2) is 0 Å². The minimum absolute atomic E-state index is 0.0149. The molecule has 9 nitrogen and oxygen atoms in total. The summed E-state index contributed by atoms with van der Waals surface area (Å²) < 4.78 is 24.0. The summed E-state index contributed by atoms with van der Waals surface area (Å²) in [6.45, 7) is 7.28. The number of rotatable bonds is 9. The molecule has 0 spiro atoms. The van der Waals surface area contributed by atoms with Crippen molar-refractivity contribution in [2.45, 2.75) is 25.4 Å². The molecule has 6 rings (SSSR count). The second-order valence-corrected chi connectivity index (χ2v) is 11.0. The van der Waals surface area contributed by atoms with Crippen LogP contribution in [-0.2, 0) is 4.74 Å². The molecule has 0 unspecified atom stereocenters. The third-order valence-corrected chi connectivity index (χ3v) is 8.12. The molecule has 2 saturated heterocycles. The average Bonchev–Trinajstić information content (AvgIpc) is 3.47. The van der Waals surface area contributed by atoms with Crippen molar-refractivity contribution in [3.05, 3.63) is 53.4 Å². The Labute approximate surface area is 244 Å². The van der Waals surface area contributed by atoms with Crippen molar-refractivity contribution in [2.75, 3.05) is 64.9 Å². The highest BCUT2D eigenvalue weighted by Crippen LogP contribution is 2.42. The first kappa shape index (κ1) is 27.6. The number of likely N-dealkylation sites (N-methyl/N-ethyl adjacent to an activating group) is 1. The number of ether oxygens (including phenoxy) is 3. The van der Waals surface area contributed by atoms with Gasteiger partial charge >= 0.3 is 0 Å². The Morgan fingerprint density at radius 3 is 2.76 bits per heavy atom. The Kier molecular flexibility index (Phi) is 8.44. The molecule has 0 saturated carbocycles. The number of fused-ring (bicyclic) bond motifs is 2. The van der Waals surface area contributed by atoms with E-state index in [0.717, 1.165) is 57.4 Å². The fourth-order valence-electron chi connectivity index (χ4n) is 5.45. The normalized spacial score (nSPS) is 17.1. The Bertz CT molecular complexity index is 1550. The molecule has 41 heavy (non-hydrogen) atoms. The highest BCUT2D eigenvalue weighted by Gasteiger charge is 2.22. The molecule has 2 aromatic heterocycles. The van der Waals surface area contributed by atoms with Crippen LogP contribution < -0.4 is 14.8 Å². The van der Waals surface area contributed by atoms with Crippen LogP contribution in [0.2, 0.25) is 5.02 Å². The van der Waals surface area contributed by atoms with E-state index in [-0.39, 0.29) is 6.10 Å². The summed E-state index contributed by atoms with van der Waals surface area (Å²) >= 11 is 6.64. The number of anilines is 2. The van der Waals surface area contributed by atoms with E-state index in [1.165, 1.54) is 0 Å². The number of halogens is 1. The smallest absolute Gasteiger partial charge is 0.136 e. The first-order valence-electron chi connectivity index (χ1n) is 14.2. The van der Waals surface area contributed by atoms with Crippen molar-refractivity contribution in [2.24, 2.45) is 0 Å². The first-order chi connectivity index (χ1) is 20.1. The molecule has 0 radical (unpaired) electrons. The van der Waals surface area contributed by atoms with Gasteiger partial charge in [-0.05, 0) is 31.7 Å². The van der Waals surface area contributed by atoms with E-state index >= 15 is 0 Å². The van der Waals surface area contributed by atoms with Gasteiger partial charge < -0.3 is 33.7 Å². The number of aromatic nitrogens is 1. The van der Waals surface area contributed by atoms with Crippen LogP contribution in [0, 0.1) is 11.3 Å². The Hall–Kier alpha value is -3.55. The molecule has 0 atom stereocenters. The van der Waals surface area contributed by atoms with Gasteiger partial charge in [-0.3, -0.25) is 4.98 Å². The van der Waals surface area contributed by atoms with Crippen LogP contribution in [0.5, 0.6) is 11.5 Å². The van der Waals surface area contributed by atoms with Crippen molar-refractivity contribution < 1.29 is 18.6 Å². The summed E-state index contributed by atoms with van der Waals surface area (Å²) in [5.41, 5.74) is 2.98. The highest BCUT2D eigenvalue weighted by molar-refractivity contribution is 6.35. The second kappa shape index (κ2) is 12.5. The van der Waals surface area contributed by atoms with E-state index in [0.29, 0.717) is 69.8 Å². The molecule has 214 valence electrons. The topological polar surface area (TPSA) is 96.0 Å². The minimum Gasteiger partial charge on any atom is -0.493 e. The van der Waals surface area contributed by atoms with Gasteiger partial charge in [0.2, 0.25) is 0 Å². The van der Waals surface area contributed by atoms with Crippen molar-refractivity contribution in [1.29, 1.82) is 5.26 Å². The van der Waals surface area contributed by atoms with E-state index in [1.54, 1.807) is 18.5 Å². The van der Waals surface area contributed by atoms with Gasteiger partial charge in [-0.2, -0.15) is 5.26 Å². The number of benzene rings is 2. The van der Waals surface area contributed by atoms with Crippen LogP contribution >= 0.6 is 11.6 Å². The van der Waals surface area contributed by atoms with E-state index in [9.17, 15) is 5.26 Å². The summed E-state index contributed by atoms with van der Waals surface area (Å²) in [6.07, 6.45) is 5.67. The number of piperazine rings is 1. The molecule has 4 heterocycles. The number of furan rings is 1. The molecule has 2 fully saturated rings. The molecule has 1 N–H and O–H groups in total. The standard InChI is InChI=1S/C31H34ClN5O4/c1-36-9-11-37(12-10-36)8-2-13-39-23-17-26-29(28(18-23)41-22-5-14-38-15-6-22)30(21(19-33)20-34-26)35-31-24-7-16-40-27(24)4-3-25(31)32/h3-4,7,16-18,20,22H,2,5-6,8-15H2,1H3,(H,34,35). The van der Waals surface area contributed by atoms with Gasteiger partial charge in [0.1, 0.15) is 29.3 Å². The Morgan fingerprint density at radius 2 is 1.95 bits per heavy atom. The largest absolute Gasteiger partial charge is 0.493 e. The first-order valence-corrected chi connectivity index (χ1v) is 14.5. The minimum atomic E-state index is -0.0149. The summed E-state index contributed by atoms with van der Waals surface area (Å²) in [5.74, 6) is 1.31. The molecular weight excluding hydrogens is 542 g/mol. The summed E-state index contributed by atoms with van der Waals surface area (Å²) in [5, 5.41) is 15.5. The molecular formula is C31H34ClN5O4. The quantitative estimate of drug-likeness (QED) is 0.247. The van der Waals surface area contributed by atoms with E-state index in [4.69, 9.17) is 30.2 Å². The monoisotopic (exact) mass is 575 g/mol. The van der Waals surface area contributed by atoms with Crippen LogP contribution in [0.1, 0.15) is 24.8 Å². The predicted molar refractivity (Wildman–Crippen MR) is 159 cm³/mol. The van der Waals surface area contributed by atoms with Crippen molar-refractivity contribution in [1.82, 2.24) is 14.8 Å². The fourth-order valence-corrected chi connectivity index (χ4v) is 5.66. The molecule has 2 aromatic carbocycles. The van der Waals surface area contributed by atoms with Gasteiger partial charge in [0, 0.05) is 69.3 Å². The number of nitrogens with zero attached hydrogens (tertiary/aromatic N) is 4. The Morgan fingerprint density at radius 1 is 1.12 bits per heavy atom. The number of nitriles is 1. The Balaban J connectivity index is 1.32. The lowest BCUT2D eigenvalue weighted by Crippen LogP contribution is -2.44. The number of hydrogen-bond donors (Lipinski definition) is 1. The molecule has 10 heteroatoms. The van der Waals surface area contributed by atoms with E-state index in [1.807, 2.05) is 24.3 Å². The van der Waals surface area contributed by atoms with E-state index in [2.05, 4.69) is 33.2 Å². The molecule has 0 amide bonds. The van der Waals surface area contributed by atoms with Gasteiger partial charge in [-0.15, -0.1) is 0 Å². The van der Waals surface area contributed by atoms with Gasteiger partial charge in [0.05, 0.1) is 58.9 Å².